The number of hydrogen-bond acceptors (Lipinski definition) is 2. The van der Waals surface area contributed by atoms with Crippen molar-refractivity contribution in [2.45, 2.75) is 63.5 Å². The molecule has 0 aromatic carbocycles. The molecule has 4 heteroatoms. The SMILES string of the molecule is CC1OC(C)C(C(=O)NCC2CCC(Br)CC2)C1C. The predicted molar refractivity (Wildman–Crippen MR) is 80.3 cm³/mol. The Balaban J connectivity index is 1.78. The smallest absolute Gasteiger partial charge is 0.226 e. The molecule has 1 N–H and O–H groups in total. The molecule has 0 spiro atoms. The van der Waals surface area contributed by atoms with E-state index in [1.165, 1.54) is 25.7 Å². The summed E-state index contributed by atoms with van der Waals surface area (Å²) in [6.45, 7) is 7.03. The first kappa shape index (κ1) is 15.3. The molecular weight excluding hydrogens is 306 g/mol. The zero-order chi connectivity index (χ0) is 14.0. The third-order valence-corrected chi connectivity index (χ3v) is 5.80. The van der Waals surface area contributed by atoms with Crippen molar-refractivity contribution in [1.29, 1.82) is 0 Å². The van der Waals surface area contributed by atoms with Gasteiger partial charge in [-0.3, -0.25) is 4.79 Å². The maximum atomic E-state index is 12.3. The number of halogens is 1. The lowest BCUT2D eigenvalue weighted by molar-refractivity contribution is -0.127. The van der Waals surface area contributed by atoms with Crippen molar-refractivity contribution in [3.05, 3.63) is 0 Å². The quantitative estimate of drug-likeness (QED) is 0.807. The first-order valence-electron chi connectivity index (χ1n) is 7.56. The summed E-state index contributed by atoms with van der Waals surface area (Å²) in [6.07, 6.45) is 5.14. The third kappa shape index (κ3) is 3.72. The number of hydrogen-bond donors (Lipinski definition) is 1. The van der Waals surface area contributed by atoms with Gasteiger partial charge in [0.2, 0.25) is 5.91 Å². The molecule has 1 saturated carbocycles. The van der Waals surface area contributed by atoms with Gasteiger partial charge >= 0.3 is 0 Å². The summed E-state index contributed by atoms with van der Waals surface area (Å²) >= 11 is 3.67. The molecule has 2 fully saturated rings. The molecule has 1 aliphatic carbocycles. The van der Waals surface area contributed by atoms with E-state index >= 15 is 0 Å². The van der Waals surface area contributed by atoms with Gasteiger partial charge in [-0.25, -0.2) is 0 Å². The van der Waals surface area contributed by atoms with Gasteiger partial charge in [-0.2, -0.15) is 0 Å². The largest absolute Gasteiger partial charge is 0.374 e. The van der Waals surface area contributed by atoms with Crippen molar-refractivity contribution in [3.8, 4) is 0 Å². The second kappa shape index (κ2) is 6.57. The van der Waals surface area contributed by atoms with Crippen LogP contribution < -0.4 is 5.32 Å². The predicted octanol–water partition coefficient (Wildman–Crippen LogP) is 3.12. The lowest BCUT2D eigenvalue weighted by Crippen LogP contribution is -2.40. The highest BCUT2D eigenvalue weighted by atomic mass is 79.9. The second-order valence-corrected chi connectivity index (χ2v) is 7.59. The van der Waals surface area contributed by atoms with Crippen LogP contribution in [0.3, 0.4) is 0 Å². The molecule has 1 heterocycles. The molecule has 2 aliphatic rings. The number of carbonyl (C=O) groups is 1. The van der Waals surface area contributed by atoms with Gasteiger partial charge in [0.15, 0.2) is 0 Å². The summed E-state index contributed by atoms with van der Waals surface area (Å²) in [4.78, 5) is 13.0. The molecular formula is C15H26BrNO2. The van der Waals surface area contributed by atoms with Crippen LogP contribution in [0.15, 0.2) is 0 Å². The van der Waals surface area contributed by atoms with Gasteiger partial charge in [-0.15, -0.1) is 0 Å². The van der Waals surface area contributed by atoms with E-state index < -0.39 is 0 Å². The molecule has 0 aromatic rings. The molecule has 0 aromatic heterocycles. The third-order valence-electron chi connectivity index (χ3n) is 4.89. The average molecular weight is 332 g/mol. The van der Waals surface area contributed by atoms with Crippen molar-refractivity contribution in [2.24, 2.45) is 17.8 Å². The fourth-order valence-electron chi connectivity index (χ4n) is 3.41. The fraction of sp³-hybridized carbons (Fsp3) is 0.933. The molecule has 4 unspecified atom stereocenters. The van der Waals surface area contributed by atoms with Crippen LogP contribution in [0.5, 0.6) is 0 Å². The topological polar surface area (TPSA) is 38.3 Å². The molecule has 3 nitrogen and oxygen atoms in total. The van der Waals surface area contributed by atoms with E-state index in [1.807, 2.05) is 6.92 Å². The van der Waals surface area contributed by atoms with Gasteiger partial charge in [0.25, 0.3) is 0 Å². The molecule has 110 valence electrons. The maximum absolute atomic E-state index is 12.3. The van der Waals surface area contributed by atoms with E-state index in [0.717, 1.165) is 6.54 Å². The Morgan fingerprint density at radius 1 is 1.16 bits per heavy atom. The lowest BCUT2D eigenvalue weighted by atomic mass is 9.87. The van der Waals surface area contributed by atoms with Crippen molar-refractivity contribution in [1.82, 2.24) is 5.32 Å². The summed E-state index contributed by atoms with van der Waals surface area (Å²) in [5, 5.41) is 3.16. The Labute approximate surface area is 125 Å². The summed E-state index contributed by atoms with van der Waals surface area (Å²) in [7, 11) is 0. The van der Waals surface area contributed by atoms with E-state index in [2.05, 4.69) is 35.1 Å². The van der Waals surface area contributed by atoms with Gasteiger partial charge in [0, 0.05) is 11.4 Å². The van der Waals surface area contributed by atoms with Crippen LogP contribution in [0.25, 0.3) is 0 Å². The lowest BCUT2D eigenvalue weighted by Gasteiger charge is -2.26. The van der Waals surface area contributed by atoms with E-state index in [4.69, 9.17) is 4.74 Å². The first-order valence-corrected chi connectivity index (χ1v) is 8.47. The minimum Gasteiger partial charge on any atom is -0.374 e. The van der Waals surface area contributed by atoms with Gasteiger partial charge in [0.1, 0.15) is 0 Å². The molecule has 1 aliphatic heterocycles. The number of carbonyl (C=O) groups excluding carboxylic acids is 1. The molecule has 1 amide bonds. The Kier molecular flexibility index (Phi) is 5.29. The van der Waals surface area contributed by atoms with Crippen LogP contribution >= 0.6 is 15.9 Å². The van der Waals surface area contributed by atoms with Gasteiger partial charge in [-0.05, 0) is 51.4 Å². The number of nitrogens with one attached hydrogen (secondary N) is 1. The van der Waals surface area contributed by atoms with Crippen molar-refractivity contribution in [3.63, 3.8) is 0 Å². The number of amides is 1. The minimum atomic E-state index is 0.0162. The van der Waals surface area contributed by atoms with Crippen molar-refractivity contribution < 1.29 is 9.53 Å². The highest BCUT2D eigenvalue weighted by Crippen LogP contribution is 2.32. The summed E-state index contributed by atoms with van der Waals surface area (Å²) < 4.78 is 5.75. The molecule has 4 atom stereocenters. The molecule has 1 saturated heterocycles. The van der Waals surface area contributed by atoms with Crippen LogP contribution in [-0.2, 0) is 9.53 Å². The average Bonchev–Trinajstić information content (AvgIpc) is 2.62. The molecule has 0 radical (unpaired) electrons. The van der Waals surface area contributed by atoms with Gasteiger partial charge < -0.3 is 10.1 Å². The normalized spacial score (nSPS) is 43.2. The monoisotopic (exact) mass is 331 g/mol. The van der Waals surface area contributed by atoms with E-state index in [1.54, 1.807) is 0 Å². The van der Waals surface area contributed by atoms with E-state index in [9.17, 15) is 4.79 Å². The highest BCUT2D eigenvalue weighted by molar-refractivity contribution is 9.09. The summed E-state index contributed by atoms with van der Waals surface area (Å²) in [6, 6.07) is 0. The van der Waals surface area contributed by atoms with Crippen molar-refractivity contribution >= 4 is 21.8 Å². The summed E-state index contributed by atoms with van der Waals surface area (Å²) in [5.41, 5.74) is 0. The molecule has 0 bridgehead atoms. The molecule has 19 heavy (non-hydrogen) atoms. The Hall–Kier alpha value is -0.0900. The number of alkyl halides is 1. The fourth-order valence-corrected chi connectivity index (χ4v) is 3.94. The van der Waals surface area contributed by atoms with Crippen LogP contribution in [0.2, 0.25) is 0 Å². The Morgan fingerprint density at radius 2 is 1.79 bits per heavy atom. The Morgan fingerprint density at radius 3 is 2.32 bits per heavy atom. The van der Waals surface area contributed by atoms with Crippen LogP contribution in [-0.4, -0.2) is 29.5 Å². The zero-order valence-corrected chi connectivity index (χ0v) is 13.8. The van der Waals surface area contributed by atoms with Crippen molar-refractivity contribution in [2.75, 3.05) is 6.54 Å². The summed E-state index contributed by atoms with van der Waals surface area (Å²) in [5.74, 6) is 1.17. The van der Waals surface area contributed by atoms with Gasteiger partial charge in [0.05, 0.1) is 18.1 Å². The highest BCUT2D eigenvalue weighted by Gasteiger charge is 2.41. The van der Waals surface area contributed by atoms with Crippen LogP contribution in [0.4, 0.5) is 0 Å². The Bertz CT molecular complexity index is 315. The van der Waals surface area contributed by atoms with E-state index in [-0.39, 0.29) is 24.0 Å². The molecule has 2 rings (SSSR count). The number of rotatable bonds is 3. The van der Waals surface area contributed by atoms with Gasteiger partial charge in [-0.1, -0.05) is 22.9 Å². The van der Waals surface area contributed by atoms with Crippen LogP contribution in [0.1, 0.15) is 46.5 Å². The zero-order valence-electron chi connectivity index (χ0n) is 12.2. The van der Waals surface area contributed by atoms with Crippen LogP contribution in [0, 0.1) is 17.8 Å². The maximum Gasteiger partial charge on any atom is 0.226 e. The minimum absolute atomic E-state index is 0.0162. The second-order valence-electron chi connectivity index (χ2n) is 6.29. The number of ether oxygens (including phenoxy) is 1. The first-order chi connectivity index (χ1) is 8.99. The standard InChI is InChI=1S/C15H26BrNO2/c1-9-10(2)19-11(3)14(9)15(18)17-8-12-4-6-13(16)7-5-12/h9-14H,4-8H2,1-3H3,(H,17,18). The van der Waals surface area contributed by atoms with E-state index in [0.29, 0.717) is 16.7 Å².